The number of aliphatic hydroxyl groups excluding tert-OH is 1. The monoisotopic (exact) mass is 963 g/mol. The van der Waals surface area contributed by atoms with Crippen LogP contribution in [0.25, 0.3) is 0 Å². The standard InChI is InChI=1S/C65H102O5/c1-3-5-7-9-11-13-15-17-19-21-23-25-26-27-28-29-30-31-32-33-34-35-36-37-38-40-42-44-46-48-50-52-54-56-58-60-65(68)70-63(61-66)62-69-64(67)59-57-55-53-51-49-47-45-43-41-39-24-22-20-18-16-14-12-10-8-6-4-2/h5-8,11-14,17-20,23-25,27-28,30-31,33-34,36-37,39-40,42,63,66H,3-4,9-10,15-16,21-22,26,29,32,35,38,41,43-62H2,1-2H3/b7-5-,8-6-,13-11-,14-12-,19-17-,20-18-,25-23-,28-27-,31-30-,34-33-,37-36-,39-24-,42-40-. The molecule has 0 aliphatic rings. The number of carbonyl (C=O) groups is 2. The maximum absolute atomic E-state index is 12.3. The Balaban J connectivity index is 3.63. The van der Waals surface area contributed by atoms with Gasteiger partial charge >= 0.3 is 11.9 Å². The zero-order valence-electron chi connectivity index (χ0n) is 44.7. The summed E-state index contributed by atoms with van der Waals surface area (Å²) < 4.78 is 10.7. The fraction of sp³-hybridized carbons (Fsp3) is 0.569. The van der Waals surface area contributed by atoms with Gasteiger partial charge in [0.15, 0.2) is 6.10 Å². The Bertz CT molecular complexity index is 1560. The maximum Gasteiger partial charge on any atom is 0.306 e. The van der Waals surface area contributed by atoms with Crippen molar-refractivity contribution in [1.82, 2.24) is 0 Å². The SMILES string of the molecule is CC/C=C\C/C=C\C/C=C\C/C=C\C/C=C\C/C=C\C/C=C\C/C=C\C/C=C\CCCCCCCCCC(=O)OC(CO)COC(=O)CCCCCCCCCC/C=C\C/C=C\C/C=C\C/C=C\CC. The molecule has 0 aromatic rings. The first-order valence-electron chi connectivity index (χ1n) is 28.0. The molecule has 0 saturated carbocycles. The Morgan fingerprint density at radius 2 is 0.571 bits per heavy atom. The summed E-state index contributed by atoms with van der Waals surface area (Å²) in [5.74, 6) is -0.624. The number of esters is 2. The van der Waals surface area contributed by atoms with Gasteiger partial charge in [-0.05, 0) is 122 Å². The van der Waals surface area contributed by atoms with Gasteiger partial charge in [0, 0.05) is 12.8 Å². The van der Waals surface area contributed by atoms with Crippen LogP contribution in [0.15, 0.2) is 158 Å². The lowest BCUT2D eigenvalue weighted by Crippen LogP contribution is -2.28. The van der Waals surface area contributed by atoms with Crippen LogP contribution in [0.1, 0.15) is 219 Å². The first-order valence-corrected chi connectivity index (χ1v) is 28.0. The molecule has 0 amide bonds. The zero-order chi connectivity index (χ0) is 50.6. The molecule has 0 aliphatic carbocycles. The molecule has 0 saturated heterocycles. The van der Waals surface area contributed by atoms with Gasteiger partial charge in [0.25, 0.3) is 0 Å². The highest BCUT2D eigenvalue weighted by Gasteiger charge is 2.16. The second-order valence-corrected chi connectivity index (χ2v) is 17.9. The molecule has 0 radical (unpaired) electrons. The summed E-state index contributed by atoms with van der Waals surface area (Å²) in [7, 11) is 0. The van der Waals surface area contributed by atoms with E-state index in [4.69, 9.17) is 9.47 Å². The van der Waals surface area contributed by atoms with Gasteiger partial charge in [-0.1, -0.05) is 242 Å². The van der Waals surface area contributed by atoms with E-state index in [0.717, 1.165) is 135 Å². The molecule has 1 atom stereocenters. The first-order chi connectivity index (χ1) is 34.6. The van der Waals surface area contributed by atoms with Crippen LogP contribution in [0.3, 0.4) is 0 Å². The molecule has 0 bridgehead atoms. The number of aliphatic hydroxyl groups is 1. The van der Waals surface area contributed by atoms with Crippen LogP contribution in [0.2, 0.25) is 0 Å². The molecule has 0 heterocycles. The van der Waals surface area contributed by atoms with Gasteiger partial charge in [-0.25, -0.2) is 0 Å². The molecule has 0 aromatic heterocycles. The van der Waals surface area contributed by atoms with Gasteiger partial charge in [-0.3, -0.25) is 9.59 Å². The summed E-state index contributed by atoms with van der Waals surface area (Å²) in [4.78, 5) is 24.5. The topological polar surface area (TPSA) is 72.8 Å². The predicted octanol–water partition coefficient (Wildman–Crippen LogP) is 19.2. The Morgan fingerprint density at radius 1 is 0.329 bits per heavy atom. The van der Waals surface area contributed by atoms with Crippen molar-refractivity contribution in [3.63, 3.8) is 0 Å². The molecule has 0 aliphatic heterocycles. The Hall–Kier alpha value is -4.48. The van der Waals surface area contributed by atoms with Gasteiger partial charge in [0.2, 0.25) is 0 Å². The largest absolute Gasteiger partial charge is 0.462 e. The highest BCUT2D eigenvalue weighted by atomic mass is 16.6. The van der Waals surface area contributed by atoms with Crippen LogP contribution in [0.5, 0.6) is 0 Å². The minimum Gasteiger partial charge on any atom is -0.462 e. The number of ether oxygens (including phenoxy) is 2. The van der Waals surface area contributed by atoms with E-state index in [2.05, 4.69) is 172 Å². The van der Waals surface area contributed by atoms with Crippen molar-refractivity contribution in [3.8, 4) is 0 Å². The number of allylic oxidation sites excluding steroid dienone is 26. The van der Waals surface area contributed by atoms with Gasteiger partial charge in [0.1, 0.15) is 6.61 Å². The lowest BCUT2D eigenvalue weighted by Gasteiger charge is -2.15. The van der Waals surface area contributed by atoms with E-state index in [1.165, 1.54) is 57.8 Å². The average Bonchev–Trinajstić information content (AvgIpc) is 3.36. The van der Waals surface area contributed by atoms with E-state index in [1.807, 2.05) is 0 Å². The van der Waals surface area contributed by atoms with Crippen molar-refractivity contribution >= 4 is 11.9 Å². The lowest BCUT2D eigenvalue weighted by molar-refractivity contribution is -0.161. The van der Waals surface area contributed by atoms with Crippen molar-refractivity contribution in [2.75, 3.05) is 13.2 Å². The molecular weight excluding hydrogens is 861 g/mol. The second kappa shape index (κ2) is 58.8. The molecule has 0 rings (SSSR count). The van der Waals surface area contributed by atoms with Crippen molar-refractivity contribution in [2.24, 2.45) is 0 Å². The van der Waals surface area contributed by atoms with Gasteiger partial charge < -0.3 is 14.6 Å². The predicted molar refractivity (Wildman–Crippen MR) is 306 cm³/mol. The van der Waals surface area contributed by atoms with Gasteiger partial charge in [-0.2, -0.15) is 0 Å². The van der Waals surface area contributed by atoms with E-state index in [9.17, 15) is 14.7 Å². The summed E-state index contributed by atoms with van der Waals surface area (Å²) in [6.07, 6.45) is 90.6. The average molecular weight is 964 g/mol. The summed E-state index contributed by atoms with van der Waals surface area (Å²) in [6, 6.07) is 0. The number of unbranched alkanes of at least 4 members (excludes halogenated alkanes) is 15. The number of hydrogen-bond acceptors (Lipinski definition) is 5. The molecule has 5 nitrogen and oxygen atoms in total. The maximum atomic E-state index is 12.3. The van der Waals surface area contributed by atoms with Crippen LogP contribution in [-0.2, 0) is 19.1 Å². The molecule has 0 fully saturated rings. The number of hydrogen-bond donors (Lipinski definition) is 1. The molecule has 5 heteroatoms. The van der Waals surface area contributed by atoms with Crippen LogP contribution in [-0.4, -0.2) is 36.4 Å². The van der Waals surface area contributed by atoms with Crippen molar-refractivity contribution in [2.45, 2.75) is 225 Å². The van der Waals surface area contributed by atoms with Crippen LogP contribution in [0, 0.1) is 0 Å². The zero-order valence-corrected chi connectivity index (χ0v) is 44.7. The smallest absolute Gasteiger partial charge is 0.306 e. The van der Waals surface area contributed by atoms with E-state index < -0.39 is 6.10 Å². The molecule has 0 spiro atoms. The van der Waals surface area contributed by atoms with Crippen LogP contribution in [0.4, 0.5) is 0 Å². The highest BCUT2D eigenvalue weighted by Crippen LogP contribution is 2.13. The van der Waals surface area contributed by atoms with Crippen molar-refractivity contribution < 1.29 is 24.2 Å². The second-order valence-electron chi connectivity index (χ2n) is 17.9. The Labute approximate surface area is 430 Å². The minimum atomic E-state index is -0.795. The molecule has 392 valence electrons. The highest BCUT2D eigenvalue weighted by molar-refractivity contribution is 5.70. The van der Waals surface area contributed by atoms with E-state index in [-0.39, 0.29) is 25.2 Å². The molecule has 1 N–H and O–H groups in total. The fourth-order valence-corrected chi connectivity index (χ4v) is 7.18. The summed E-state index contributed by atoms with van der Waals surface area (Å²) in [5.41, 5.74) is 0. The Morgan fingerprint density at radius 3 is 0.857 bits per heavy atom. The first kappa shape index (κ1) is 65.5. The molecule has 0 aromatic carbocycles. The summed E-state index contributed by atoms with van der Waals surface area (Å²) >= 11 is 0. The van der Waals surface area contributed by atoms with E-state index >= 15 is 0 Å². The summed E-state index contributed by atoms with van der Waals surface area (Å²) in [5, 5.41) is 9.65. The van der Waals surface area contributed by atoms with E-state index in [0.29, 0.717) is 12.8 Å². The Kier molecular flexibility index (Phi) is 55.1. The normalized spacial score (nSPS) is 13.5. The van der Waals surface area contributed by atoms with Crippen molar-refractivity contribution in [1.29, 1.82) is 0 Å². The van der Waals surface area contributed by atoms with Crippen LogP contribution < -0.4 is 0 Å². The lowest BCUT2D eigenvalue weighted by atomic mass is 10.1. The third-order valence-electron chi connectivity index (χ3n) is 11.3. The van der Waals surface area contributed by atoms with Crippen LogP contribution >= 0.6 is 0 Å². The number of carbonyl (C=O) groups excluding carboxylic acids is 2. The molecule has 70 heavy (non-hydrogen) atoms. The third-order valence-corrected chi connectivity index (χ3v) is 11.3. The van der Waals surface area contributed by atoms with E-state index in [1.54, 1.807) is 0 Å². The third kappa shape index (κ3) is 56.1. The fourth-order valence-electron chi connectivity index (χ4n) is 7.18. The molecule has 1 unspecified atom stereocenters. The summed E-state index contributed by atoms with van der Waals surface area (Å²) in [6.45, 7) is 3.89. The van der Waals surface area contributed by atoms with Crippen molar-refractivity contribution in [3.05, 3.63) is 158 Å². The quantitative estimate of drug-likeness (QED) is 0.0374. The van der Waals surface area contributed by atoms with Gasteiger partial charge in [0.05, 0.1) is 6.61 Å². The minimum absolute atomic E-state index is 0.0850. The molecular formula is C65H102O5. The van der Waals surface area contributed by atoms with Gasteiger partial charge in [-0.15, -0.1) is 0 Å². The number of rotatable bonds is 49.